The van der Waals surface area contributed by atoms with Crippen LogP contribution in [0.15, 0.2) is 109 Å². The molecule has 6 rings (SSSR count). The van der Waals surface area contributed by atoms with Gasteiger partial charge in [-0.25, -0.2) is 86.3 Å². The predicted molar refractivity (Wildman–Crippen MR) is 360 cm³/mol. The Morgan fingerprint density at radius 1 is 0.167 bits per heavy atom. The zero-order valence-corrected chi connectivity index (χ0v) is 56.6. The molecule has 0 fully saturated rings. The third-order valence-corrected chi connectivity index (χ3v) is 13.4. The standard InChI is InChI=1S/6C9H6O6.2C6H14O6/c6*10-7(11)4-1-2-5(8(12)13)6(3-4)9(14)15;2*7-1-3(9)5(11)6(12)4(10)2-8/h6*1-3H,(H,10,11)(H,12,13)(H,14,15);2*3-12H,1-2H2/t;;;;;;2*3-,4-,5-,6-/m......11/s1. The van der Waals surface area contributed by atoms with E-state index in [1.165, 1.54) is 0 Å². The van der Waals surface area contributed by atoms with Crippen molar-refractivity contribution in [3.63, 3.8) is 0 Å². The van der Waals surface area contributed by atoms with Crippen LogP contribution in [0.3, 0.4) is 0 Å². The van der Waals surface area contributed by atoms with Crippen molar-refractivity contribution in [2.45, 2.75) is 48.8 Å². The summed E-state index contributed by atoms with van der Waals surface area (Å²) in [6.07, 6.45) is -12.8. The number of aliphatic hydroxyl groups excluding tert-OH is 12. The quantitative estimate of drug-likeness (QED) is 0.0242. The number of hydrogen-bond donors (Lipinski definition) is 30. The maximum Gasteiger partial charge on any atom is 0.336 e. The second-order valence-corrected chi connectivity index (χ2v) is 21.0. The average molecular weight is 1630 g/mol. The third kappa shape index (κ3) is 32.2. The molecule has 48 nitrogen and oxygen atoms in total. The largest absolute Gasteiger partial charge is 0.478 e. The molecule has 616 valence electrons. The van der Waals surface area contributed by atoms with Gasteiger partial charge in [0.05, 0.1) is 127 Å². The lowest BCUT2D eigenvalue weighted by Crippen LogP contribution is -2.46. The highest BCUT2D eigenvalue weighted by molar-refractivity contribution is 6.08. The van der Waals surface area contributed by atoms with Crippen molar-refractivity contribution < 1.29 is 239 Å². The zero-order chi connectivity index (χ0) is 89.0. The van der Waals surface area contributed by atoms with E-state index in [4.69, 9.17) is 153 Å². The van der Waals surface area contributed by atoms with Crippen molar-refractivity contribution >= 4 is 107 Å². The first-order valence-corrected chi connectivity index (χ1v) is 29.6. The molecular weight excluding hydrogens is 1560 g/mol. The van der Waals surface area contributed by atoms with Crippen LogP contribution < -0.4 is 0 Å². The van der Waals surface area contributed by atoms with Crippen LogP contribution in [0.5, 0.6) is 0 Å². The van der Waals surface area contributed by atoms with Gasteiger partial charge in [-0.3, -0.25) is 0 Å². The Morgan fingerprint density at radius 2 is 0.263 bits per heavy atom. The summed E-state index contributed by atoms with van der Waals surface area (Å²) in [5, 5.41) is 260. The van der Waals surface area contributed by atoms with Gasteiger partial charge in [-0.15, -0.1) is 0 Å². The third-order valence-electron chi connectivity index (χ3n) is 13.4. The maximum atomic E-state index is 10.6. The SMILES string of the molecule is O=C(O)c1ccc(C(=O)O)c(C(=O)O)c1.O=C(O)c1ccc(C(=O)O)c(C(=O)O)c1.O=C(O)c1ccc(C(=O)O)c(C(=O)O)c1.O=C(O)c1ccc(C(=O)O)c(C(=O)O)c1.O=C(O)c1ccc(C(=O)O)c(C(=O)O)c1.O=C(O)c1ccc(C(=O)O)c(C(=O)O)c1.OC[C@@H](O)[C@@H](O)[C@H](O)[C@H](O)CO.OC[C@@H](O)[C@@H](O)[C@H](O)[C@H](O)CO. The summed E-state index contributed by atoms with van der Waals surface area (Å²) >= 11 is 0. The van der Waals surface area contributed by atoms with Gasteiger partial charge in [-0.1, -0.05) is 0 Å². The minimum Gasteiger partial charge on any atom is -0.478 e. The Balaban J connectivity index is 0. The van der Waals surface area contributed by atoms with Gasteiger partial charge in [0.15, 0.2) is 0 Å². The van der Waals surface area contributed by atoms with Crippen LogP contribution in [-0.2, 0) is 0 Å². The molecule has 0 saturated heterocycles. The van der Waals surface area contributed by atoms with Gasteiger partial charge in [0.1, 0.15) is 48.8 Å². The summed E-state index contributed by atoms with van der Waals surface area (Å²) in [6.45, 7) is -2.90. The summed E-state index contributed by atoms with van der Waals surface area (Å²) < 4.78 is 0. The molecule has 48 heteroatoms. The Labute approximate surface area is 629 Å². The van der Waals surface area contributed by atoms with E-state index in [1.807, 2.05) is 0 Å². The summed E-state index contributed by atoms with van der Waals surface area (Å²) in [6, 6.07) is 16.8. The van der Waals surface area contributed by atoms with Gasteiger partial charge in [0.2, 0.25) is 0 Å². The van der Waals surface area contributed by atoms with Crippen LogP contribution in [0.2, 0.25) is 0 Å². The Hall–Kier alpha value is -14.7. The summed E-state index contributed by atoms with van der Waals surface area (Å²) in [5.41, 5.74) is -7.46. The van der Waals surface area contributed by atoms with Crippen LogP contribution in [-0.4, -0.2) is 336 Å². The molecule has 114 heavy (non-hydrogen) atoms. The smallest absolute Gasteiger partial charge is 0.336 e. The van der Waals surface area contributed by atoms with Crippen molar-refractivity contribution in [2.24, 2.45) is 0 Å². The monoisotopic (exact) mass is 1620 g/mol. The molecule has 0 unspecified atom stereocenters. The lowest BCUT2D eigenvalue weighted by molar-refractivity contribution is -0.123. The van der Waals surface area contributed by atoms with E-state index < -0.39 is 249 Å². The molecule has 0 saturated carbocycles. The minimum absolute atomic E-state index is 0.266. The number of carboxylic acid groups (broad SMARTS) is 18. The van der Waals surface area contributed by atoms with Crippen LogP contribution in [0.4, 0.5) is 0 Å². The normalized spacial score (nSPS) is 12.1. The number of carbonyl (C=O) groups is 18. The first kappa shape index (κ1) is 101. The van der Waals surface area contributed by atoms with Crippen molar-refractivity contribution in [3.05, 3.63) is 209 Å². The fraction of sp³-hybridized carbons (Fsp3) is 0.182. The van der Waals surface area contributed by atoms with Gasteiger partial charge in [-0.2, -0.15) is 0 Å². The molecular formula is C66H64O48. The molecule has 0 heterocycles. The van der Waals surface area contributed by atoms with E-state index in [1.54, 1.807) is 0 Å². The number of aromatic carboxylic acids is 18. The fourth-order valence-corrected chi connectivity index (χ4v) is 7.59. The van der Waals surface area contributed by atoms with Crippen LogP contribution in [0.25, 0.3) is 0 Å². The molecule has 0 aliphatic heterocycles. The van der Waals surface area contributed by atoms with E-state index in [2.05, 4.69) is 0 Å². The second-order valence-electron chi connectivity index (χ2n) is 21.0. The molecule has 0 radical (unpaired) electrons. The first-order valence-electron chi connectivity index (χ1n) is 29.6. The average Bonchev–Trinajstić information content (AvgIpc) is 0.859. The van der Waals surface area contributed by atoms with Crippen LogP contribution in [0.1, 0.15) is 186 Å². The van der Waals surface area contributed by atoms with Crippen LogP contribution in [0, 0.1) is 0 Å². The maximum absolute atomic E-state index is 10.6. The van der Waals surface area contributed by atoms with Gasteiger partial charge in [0, 0.05) is 0 Å². The molecule has 0 spiro atoms. The molecule has 0 bridgehead atoms. The zero-order valence-electron chi connectivity index (χ0n) is 56.6. The molecule has 6 aromatic carbocycles. The molecule has 0 aliphatic rings. The first-order chi connectivity index (χ1) is 52.7. The summed E-state index contributed by atoms with van der Waals surface area (Å²) in [7, 11) is 0. The highest BCUT2D eigenvalue weighted by atomic mass is 16.4. The van der Waals surface area contributed by atoms with Crippen molar-refractivity contribution in [1.29, 1.82) is 0 Å². The Kier molecular flexibility index (Phi) is 42.6. The Morgan fingerprint density at radius 3 is 0.333 bits per heavy atom. The highest BCUT2D eigenvalue weighted by Crippen LogP contribution is 2.19. The number of carboxylic acids is 18. The molecule has 0 amide bonds. The topological polar surface area (TPSA) is 914 Å². The van der Waals surface area contributed by atoms with Gasteiger partial charge in [0.25, 0.3) is 0 Å². The van der Waals surface area contributed by atoms with E-state index in [0.29, 0.717) is 0 Å². The predicted octanol–water partition coefficient (Wildman–Crippen LogP) is -2.48. The molecule has 6 aromatic rings. The van der Waals surface area contributed by atoms with Gasteiger partial charge < -0.3 is 153 Å². The fourth-order valence-electron chi connectivity index (χ4n) is 7.59. The molecule has 0 aromatic heterocycles. The minimum atomic E-state index is -1.67. The Bertz CT molecular complexity index is 3850. The number of benzene rings is 6. The van der Waals surface area contributed by atoms with Crippen molar-refractivity contribution in [2.75, 3.05) is 26.4 Å². The van der Waals surface area contributed by atoms with E-state index >= 15 is 0 Å². The molecule has 8 atom stereocenters. The lowest BCUT2D eigenvalue weighted by atomic mass is 10.0. The highest BCUT2D eigenvalue weighted by Gasteiger charge is 2.31. The summed E-state index contributed by atoms with van der Waals surface area (Å²) in [5.74, 6) is -25.2. The van der Waals surface area contributed by atoms with E-state index in [9.17, 15) is 86.3 Å². The second kappa shape index (κ2) is 48.0. The lowest BCUT2D eigenvalue weighted by Gasteiger charge is -2.24. The molecule has 30 N–H and O–H groups in total. The van der Waals surface area contributed by atoms with E-state index in [-0.39, 0.29) is 33.4 Å². The van der Waals surface area contributed by atoms with Gasteiger partial charge in [-0.05, 0) is 109 Å². The summed E-state index contributed by atoms with van der Waals surface area (Å²) in [4.78, 5) is 191. The number of aliphatic hydroxyl groups is 12. The van der Waals surface area contributed by atoms with Crippen molar-refractivity contribution in [1.82, 2.24) is 0 Å². The van der Waals surface area contributed by atoms with E-state index in [0.717, 1.165) is 109 Å². The van der Waals surface area contributed by atoms with Crippen LogP contribution >= 0.6 is 0 Å². The number of rotatable bonds is 28. The number of hydrogen-bond acceptors (Lipinski definition) is 30. The molecule has 0 aliphatic carbocycles. The van der Waals surface area contributed by atoms with Gasteiger partial charge >= 0.3 is 107 Å². The van der Waals surface area contributed by atoms with Crippen molar-refractivity contribution in [3.8, 4) is 0 Å².